The smallest absolute Gasteiger partial charge is 0.356 e. The number of hydrogen-bond donors (Lipinski definition) is 1. The Kier molecular flexibility index (Phi) is 5.20. The largest absolute Gasteiger partial charge is 0.476 e. The number of ether oxygens (including phenoxy) is 1. The molecule has 0 bridgehead atoms. The molecule has 0 saturated carbocycles. The highest BCUT2D eigenvalue weighted by atomic mass is 32.2. The fourth-order valence-corrected chi connectivity index (χ4v) is 4.05. The molecular weight excluding hydrogens is 308 g/mol. The zero-order valence-electron chi connectivity index (χ0n) is 11.1. The first-order valence-electron chi connectivity index (χ1n) is 5.42. The van der Waals surface area contributed by atoms with Gasteiger partial charge in [0, 0.05) is 13.6 Å². The molecule has 0 fully saturated rings. The zero-order valence-corrected chi connectivity index (χ0v) is 12.7. The highest BCUT2D eigenvalue weighted by Gasteiger charge is 2.31. The van der Waals surface area contributed by atoms with Crippen molar-refractivity contribution in [3.8, 4) is 0 Å². The fourth-order valence-electron chi connectivity index (χ4n) is 1.46. The first kappa shape index (κ1) is 16.5. The number of esters is 1. The van der Waals surface area contributed by atoms with Crippen molar-refractivity contribution < 1.29 is 27.9 Å². The average Bonchev–Trinajstić information content (AvgIpc) is 2.87. The minimum absolute atomic E-state index is 0.119. The number of hydrogen-bond acceptors (Lipinski definition) is 7. The molecule has 1 rings (SSSR count). The summed E-state index contributed by atoms with van der Waals surface area (Å²) in [6.45, 7) is 1.40. The number of aromatic carboxylic acids is 1. The van der Waals surface area contributed by atoms with E-state index in [2.05, 4.69) is 9.72 Å². The van der Waals surface area contributed by atoms with Crippen molar-refractivity contribution in [2.24, 2.45) is 5.92 Å². The molecule has 1 heterocycles. The van der Waals surface area contributed by atoms with Gasteiger partial charge >= 0.3 is 11.9 Å². The maximum absolute atomic E-state index is 12.2. The summed E-state index contributed by atoms with van der Waals surface area (Å²) in [6, 6.07) is 0. The molecule has 1 atom stereocenters. The predicted octanol–water partition coefficient (Wildman–Crippen LogP) is 0.271. The molecular formula is C10H14N2O6S2. The SMILES string of the molecule is COC(=O)C(C)CN(C)S(=O)(=O)c1scnc1C(=O)O. The van der Waals surface area contributed by atoms with Gasteiger partial charge in [0.05, 0.1) is 18.5 Å². The summed E-state index contributed by atoms with van der Waals surface area (Å²) >= 11 is 0.717. The second-order valence-electron chi connectivity index (χ2n) is 4.00. The van der Waals surface area contributed by atoms with Crippen molar-refractivity contribution in [1.82, 2.24) is 9.29 Å². The van der Waals surface area contributed by atoms with Crippen LogP contribution in [0.3, 0.4) is 0 Å². The van der Waals surface area contributed by atoms with Crippen molar-refractivity contribution in [3.63, 3.8) is 0 Å². The molecule has 1 aromatic rings. The lowest BCUT2D eigenvalue weighted by Crippen LogP contribution is -2.34. The Bertz CT molecular complexity index is 609. The van der Waals surface area contributed by atoms with Gasteiger partial charge in [-0.25, -0.2) is 18.2 Å². The van der Waals surface area contributed by atoms with Crippen molar-refractivity contribution in [1.29, 1.82) is 0 Å². The van der Waals surface area contributed by atoms with E-state index >= 15 is 0 Å². The van der Waals surface area contributed by atoms with Crippen LogP contribution in [0.5, 0.6) is 0 Å². The second kappa shape index (κ2) is 6.29. The number of carboxylic acid groups (broad SMARTS) is 1. The molecule has 0 aliphatic heterocycles. The molecule has 0 aromatic carbocycles. The summed E-state index contributed by atoms with van der Waals surface area (Å²) in [4.78, 5) is 25.7. The number of nitrogens with zero attached hydrogens (tertiary/aromatic N) is 2. The molecule has 0 amide bonds. The van der Waals surface area contributed by atoms with E-state index in [0.29, 0.717) is 11.3 Å². The monoisotopic (exact) mass is 322 g/mol. The Morgan fingerprint density at radius 3 is 2.65 bits per heavy atom. The van der Waals surface area contributed by atoms with Gasteiger partial charge in [0.1, 0.15) is 0 Å². The second-order valence-corrected chi connectivity index (χ2v) is 7.10. The van der Waals surface area contributed by atoms with Gasteiger partial charge in [-0.05, 0) is 0 Å². The van der Waals surface area contributed by atoms with Crippen LogP contribution in [0.25, 0.3) is 0 Å². The highest BCUT2D eigenvalue weighted by Crippen LogP contribution is 2.24. The van der Waals surface area contributed by atoms with Crippen molar-refractivity contribution >= 4 is 33.3 Å². The lowest BCUT2D eigenvalue weighted by Gasteiger charge is -2.19. The van der Waals surface area contributed by atoms with Gasteiger partial charge in [0.2, 0.25) is 0 Å². The summed E-state index contributed by atoms with van der Waals surface area (Å²) in [6.07, 6.45) is 0. The number of rotatable bonds is 6. The van der Waals surface area contributed by atoms with E-state index in [9.17, 15) is 18.0 Å². The van der Waals surface area contributed by atoms with E-state index in [1.165, 1.54) is 21.1 Å². The zero-order chi connectivity index (χ0) is 15.5. The van der Waals surface area contributed by atoms with Crippen molar-refractivity contribution in [3.05, 3.63) is 11.2 Å². The standard InChI is InChI=1S/C10H14N2O6S2/c1-6(9(15)18-3)4-12(2)20(16,17)10-7(8(13)14)11-5-19-10/h5-6H,4H2,1-3H3,(H,13,14). The third-order valence-electron chi connectivity index (χ3n) is 2.52. The normalized spacial score (nSPS) is 13.2. The molecule has 10 heteroatoms. The van der Waals surface area contributed by atoms with Crippen LogP contribution in [0, 0.1) is 5.92 Å². The lowest BCUT2D eigenvalue weighted by molar-refractivity contribution is -0.144. The predicted molar refractivity (Wildman–Crippen MR) is 70.1 cm³/mol. The van der Waals surface area contributed by atoms with Crippen LogP contribution in [0.2, 0.25) is 0 Å². The first-order chi connectivity index (χ1) is 9.21. The Balaban J connectivity index is 3.01. The highest BCUT2D eigenvalue weighted by molar-refractivity contribution is 7.91. The summed E-state index contributed by atoms with van der Waals surface area (Å²) in [5.41, 5.74) is 0.626. The Hall–Kier alpha value is -1.52. The number of carbonyl (C=O) groups is 2. The van der Waals surface area contributed by atoms with Crippen molar-refractivity contribution in [2.45, 2.75) is 11.1 Å². The topological polar surface area (TPSA) is 114 Å². The molecule has 1 N–H and O–H groups in total. The van der Waals surface area contributed by atoms with Gasteiger partial charge in [0.15, 0.2) is 9.90 Å². The van der Waals surface area contributed by atoms with Crippen LogP contribution in [0.1, 0.15) is 17.4 Å². The fraction of sp³-hybridized carbons (Fsp3) is 0.500. The van der Waals surface area contributed by atoms with Crippen LogP contribution in [0.4, 0.5) is 0 Å². The summed E-state index contributed by atoms with van der Waals surface area (Å²) in [5, 5.41) is 8.89. The summed E-state index contributed by atoms with van der Waals surface area (Å²) in [7, 11) is -1.54. The number of sulfonamides is 1. The molecule has 0 spiro atoms. The third-order valence-corrected chi connectivity index (χ3v) is 5.69. The Morgan fingerprint density at radius 1 is 1.55 bits per heavy atom. The number of methoxy groups -OCH3 is 1. The molecule has 1 unspecified atom stereocenters. The number of carboxylic acids is 1. The first-order valence-corrected chi connectivity index (χ1v) is 7.74. The molecule has 112 valence electrons. The average molecular weight is 322 g/mol. The molecule has 20 heavy (non-hydrogen) atoms. The number of carbonyl (C=O) groups excluding carboxylic acids is 1. The van der Waals surface area contributed by atoms with Gasteiger partial charge in [-0.15, -0.1) is 11.3 Å². The Labute approximate surface area is 120 Å². The van der Waals surface area contributed by atoms with E-state index in [-0.39, 0.29) is 10.8 Å². The van der Waals surface area contributed by atoms with Gasteiger partial charge < -0.3 is 9.84 Å². The molecule has 0 saturated heterocycles. The minimum Gasteiger partial charge on any atom is -0.476 e. The van der Waals surface area contributed by atoms with Gasteiger partial charge in [-0.3, -0.25) is 4.79 Å². The van der Waals surface area contributed by atoms with Crippen molar-refractivity contribution in [2.75, 3.05) is 20.7 Å². The Morgan fingerprint density at radius 2 is 2.15 bits per heavy atom. The molecule has 1 aromatic heterocycles. The van der Waals surface area contributed by atoms with Gasteiger partial charge in [-0.1, -0.05) is 6.92 Å². The maximum Gasteiger partial charge on any atom is 0.356 e. The molecule has 0 aliphatic carbocycles. The summed E-state index contributed by atoms with van der Waals surface area (Å²) in [5.74, 6) is -2.63. The third kappa shape index (κ3) is 3.32. The molecule has 0 aliphatic rings. The maximum atomic E-state index is 12.2. The van der Waals surface area contributed by atoms with Crippen LogP contribution < -0.4 is 0 Å². The lowest BCUT2D eigenvalue weighted by atomic mass is 10.2. The van der Waals surface area contributed by atoms with E-state index in [1.807, 2.05) is 0 Å². The quantitative estimate of drug-likeness (QED) is 0.748. The number of aromatic nitrogens is 1. The molecule has 0 radical (unpaired) electrons. The van der Waals surface area contributed by atoms with Crippen LogP contribution in [0.15, 0.2) is 9.72 Å². The van der Waals surface area contributed by atoms with Gasteiger partial charge in [0.25, 0.3) is 10.0 Å². The summed E-state index contributed by atoms with van der Waals surface area (Å²) < 4.78 is 29.6. The van der Waals surface area contributed by atoms with E-state index < -0.39 is 33.6 Å². The van der Waals surface area contributed by atoms with Crippen LogP contribution >= 0.6 is 11.3 Å². The number of thiazole rings is 1. The van der Waals surface area contributed by atoms with Gasteiger partial charge in [-0.2, -0.15) is 4.31 Å². The van der Waals surface area contributed by atoms with E-state index in [1.54, 1.807) is 0 Å². The van der Waals surface area contributed by atoms with E-state index in [4.69, 9.17) is 5.11 Å². The minimum atomic E-state index is -4.01. The van der Waals surface area contributed by atoms with E-state index in [0.717, 1.165) is 9.82 Å². The molecule has 8 nitrogen and oxygen atoms in total. The van der Waals surface area contributed by atoms with Crippen LogP contribution in [-0.2, 0) is 19.6 Å². The van der Waals surface area contributed by atoms with Crippen LogP contribution in [-0.4, -0.2) is 55.5 Å².